The van der Waals surface area contributed by atoms with Gasteiger partial charge in [-0.2, -0.15) is 0 Å². The van der Waals surface area contributed by atoms with E-state index in [4.69, 9.17) is 13.9 Å². The van der Waals surface area contributed by atoms with Crippen molar-refractivity contribution in [2.45, 2.75) is 46.4 Å². The fourth-order valence-electron chi connectivity index (χ4n) is 3.46. The largest absolute Gasteiger partial charge is 0.467 e. The van der Waals surface area contributed by atoms with Gasteiger partial charge in [0.25, 0.3) is 5.56 Å². The highest BCUT2D eigenvalue weighted by molar-refractivity contribution is 7.20. The van der Waals surface area contributed by atoms with Crippen LogP contribution in [0.5, 0.6) is 0 Å². The van der Waals surface area contributed by atoms with Crippen molar-refractivity contribution in [2.24, 2.45) is 0 Å². The number of rotatable bonds is 12. The molecular weight excluding hydrogens is 434 g/mol. The zero-order chi connectivity index (χ0) is 23.1. The number of aryl methyl sites for hydroxylation is 1. The highest BCUT2D eigenvalue weighted by atomic mass is 32.1. The maximum Gasteiger partial charge on any atom is 0.348 e. The smallest absolute Gasteiger partial charge is 0.348 e. The summed E-state index contributed by atoms with van der Waals surface area (Å²) in [5.41, 5.74) is 0.298. The molecule has 0 aromatic carbocycles. The first kappa shape index (κ1) is 24.1. The van der Waals surface area contributed by atoms with Crippen molar-refractivity contribution < 1.29 is 23.8 Å². The SMILES string of the molecule is CCCN(Cc1nc2sc(C(=O)OCC)c(C)c2c(=O)[nH]1)C[C@@H](O)COCc1ccco1. The van der Waals surface area contributed by atoms with Crippen molar-refractivity contribution in [3.8, 4) is 0 Å². The average Bonchev–Trinajstić information content (AvgIpc) is 3.36. The molecule has 9 nitrogen and oxygen atoms in total. The summed E-state index contributed by atoms with van der Waals surface area (Å²) in [7, 11) is 0. The van der Waals surface area contributed by atoms with Gasteiger partial charge in [0.1, 0.15) is 27.9 Å². The maximum absolute atomic E-state index is 12.7. The molecule has 0 aliphatic rings. The second-order valence-corrected chi connectivity index (χ2v) is 8.45. The van der Waals surface area contributed by atoms with E-state index in [-0.39, 0.29) is 18.8 Å². The van der Waals surface area contributed by atoms with Crippen molar-refractivity contribution >= 4 is 27.5 Å². The predicted octanol–water partition coefficient (Wildman–Crippen LogP) is 2.85. The van der Waals surface area contributed by atoms with Gasteiger partial charge in [-0.15, -0.1) is 11.3 Å². The van der Waals surface area contributed by atoms with Gasteiger partial charge in [-0.25, -0.2) is 9.78 Å². The van der Waals surface area contributed by atoms with Gasteiger partial charge in [-0.1, -0.05) is 6.92 Å². The van der Waals surface area contributed by atoms with Crippen LogP contribution in [0.15, 0.2) is 27.6 Å². The standard InChI is InChI=1S/C22H29N3O6S/c1-4-8-25(10-15(26)12-29-13-16-7-6-9-31-16)11-17-23-20(27)18-14(3)19(22(28)30-5-2)32-21(18)24-17/h6-7,9,15,26H,4-5,8,10-13H2,1-3H3,(H,23,24,27)/t15-/m1/s1. The molecule has 3 aromatic rings. The lowest BCUT2D eigenvalue weighted by Crippen LogP contribution is -2.36. The number of nitrogens with zero attached hydrogens (tertiary/aromatic N) is 2. The molecule has 2 N–H and O–H groups in total. The lowest BCUT2D eigenvalue weighted by molar-refractivity contribution is 0.00353. The zero-order valence-corrected chi connectivity index (χ0v) is 19.4. The molecule has 0 saturated carbocycles. The number of hydrogen-bond acceptors (Lipinski definition) is 9. The quantitative estimate of drug-likeness (QED) is 0.394. The minimum atomic E-state index is -0.702. The molecule has 3 aromatic heterocycles. The molecule has 0 amide bonds. The highest BCUT2D eigenvalue weighted by Crippen LogP contribution is 2.27. The topological polar surface area (TPSA) is 118 Å². The number of furan rings is 1. The van der Waals surface area contributed by atoms with E-state index in [1.165, 1.54) is 0 Å². The summed E-state index contributed by atoms with van der Waals surface area (Å²) >= 11 is 1.16. The number of thiophene rings is 1. The van der Waals surface area contributed by atoms with Gasteiger partial charge in [0.15, 0.2) is 0 Å². The Morgan fingerprint density at radius 1 is 1.41 bits per heavy atom. The van der Waals surface area contributed by atoms with Crippen LogP contribution in [0.3, 0.4) is 0 Å². The van der Waals surface area contributed by atoms with E-state index in [0.717, 1.165) is 17.8 Å². The monoisotopic (exact) mass is 463 g/mol. The van der Waals surface area contributed by atoms with E-state index in [0.29, 0.717) is 58.5 Å². The molecule has 0 aliphatic carbocycles. The van der Waals surface area contributed by atoms with Crippen molar-refractivity contribution in [2.75, 3.05) is 26.3 Å². The number of aromatic amines is 1. The zero-order valence-electron chi connectivity index (χ0n) is 18.6. The van der Waals surface area contributed by atoms with Crippen LogP contribution in [-0.2, 0) is 22.6 Å². The third-order valence-electron chi connectivity index (χ3n) is 4.83. The van der Waals surface area contributed by atoms with Gasteiger partial charge in [0, 0.05) is 6.54 Å². The van der Waals surface area contributed by atoms with E-state index in [1.54, 1.807) is 26.2 Å². The van der Waals surface area contributed by atoms with Crippen molar-refractivity contribution in [1.29, 1.82) is 0 Å². The van der Waals surface area contributed by atoms with Crippen LogP contribution in [-0.4, -0.2) is 58.4 Å². The summed E-state index contributed by atoms with van der Waals surface area (Å²) in [6, 6.07) is 3.60. The molecule has 10 heteroatoms. The molecule has 0 unspecified atom stereocenters. The summed E-state index contributed by atoms with van der Waals surface area (Å²) in [5, 5.41) is 10.8. The normalized spacial score (nSPS) is 12.5. The highest BCUT2D eigenvalue weighted by Gasteiger charge is 2.21. The first-order chi connectivity index (χ1) is 15.4. The molecule has 0 spiro atoms. The van der Waals surface area contributed by atoms with Crippen LogP contribution in [0.2, 0.25) is 0 Å². The number of nitrogens with one attached hydrogen (secondary N) is 1. The summed E-state index contributed by atoms with van der Waals surface area (Å²) in [6.07, 6.45) is 1.75. The Balaban J connectivity index is 1.68. The number of carbonyl (C=O) groups is 1. The third kappa shape index (κ3) is 6.04. The molecular formula is C22H29N3O6S. The summed E-state index contributed by atoms with van der Waals surface area (Å²) in [5.74, 6) is 0.738. The van der Waals surface area contributed by atoms with Crippen LogP contribution < -0.4 is 5.56 Å². The van der Waals surface area contributed by atoms with E-state index in [9.17, 15) is 14.7 Å². The molecule has 0 saturated heterocycles. The minimum absolute atomic E-state index is 0.164. The Hall–Kier alpha value is -2.53. The summed E-state index contributed by atoms with van der Waals surface area (Å²) < 4.78 is 15.8. The second kappa shape index (κ2) is 11.4. The second-order valence-electron chi connectivity index (χ2n) is 7.45. The first-order valence-electron chi connectivity index (χ1n) is 10.6. The Bertz CT molecular complexity index is 1080. The van der Waals surface area contributed by atoms with E-state index < -0.39 is 12.1 Å². The number of carbonyl (C=O) groups excluding carboxylic acids is 1. The third-order valence-corrected chi connectivity index (χ3v) is 5.99. The fraction of sp³-hybridized carbons (Fsp3) is 0.500. The van der Waals surface area contributed by atoms with Gasteiger partial charge in [0.2, 0.25) is 0 Å². The number of aliphatic hydroxyl groups excluding tert-OH is 1. The predicted molar refractivity (Wildman–Crippen MR) is 121 cm³/mol. The summed E-state index contributed by atoms with van der Waals surface area (Å²) in [6.45, 7) is 7.68. The van der Waals surface area contributed by atoms with E-state index >= 15 is 0 Å². The van der Waals surface area contributed by atoms with Crippen LogP contribution in [0.1, 0.15) is 47.1 Å². The Morgan fingerprint density at radius 3 is 2.91 bits per heavy atom. The Kier molecular flexibility index (Phi) is 8.57. The number of hydrogen-bond donors (Lipinski definition) is 2. The first-order valence-corrected chi connectivity index (χ1v) is 11.4. The van der Waals surface area contributed by atoms with Crippen LogP contribution >= 0.6 is 11.3 Å². The van der Waals surface area contributed by atoms with Crippen LogP contribution in [0, 0.1) is 6.92 Å². The Morgan fingerprint density at radius 2 is 2.22 bits per heavy atom. The molecule has 0 fully saturated rings. The average molecular weight is 464 g/mol. The Labute approximate surface area is 190 Å². The lowest BCUT2D eigenvalue weighted by atomic mass is 10.2. The maximum atomic E-state index is 12.7. The number of aliphatic hydroxyl groups is 1. The molecule has 32 heavy (non-hydrogen) atoms. The summed E-state index contributed by atoms with van der Waals surface area (Å²) in [4.78, 5) is 35.2. The van der Waals surface area contributed by atoms with Crippen LogP contribution in [0.25, 0.3) is 10.2 Å². The number of ether oxygens (including phenoxy) is 2. The molecule has 3 rings (SSSR count). The molecule has 3 heterocycles. The van der Waals surface area contributed by atoms with E-state index in [2.05, 4.69) is 9.97 Å². The number of esters is 1. The van der Waals surface area contributed by atoms with Crippen molar-refractivity contribution in [3.63, 3.8) is 0 Å². The van der Waals surface area contributed by atoms with Gasteiger partial charge in [-0.05, 0) is 44.5 Å². The molecule has 0 aliphatic heterocycles. The fourth-order valence-corrected chi connectivity index (χ4v) is 4.55. The molecule has 174 valence electrons. The van der Waals surface area contributed by atoms with Crippen LogP contribution in [0.4, 0.5) is 0 Å². The number of fused-ring (bicyclic) bond motifs is 1. The van der Waals surface area contributed by atoms with Crippen molar-refractivity contribution in [3.05, 3.63) is 50.8 Å². The number of aromatic nitrogens is 2. The van der Waals surface area contributed by atoms with E-state index in [1.807, 2.05) is 17.9 Å². The van der Waals surface area contributed by atoms with Gasteiger partial charge < -0.3 is 24.0 Å². The molecule has 1 atom stereocenters. The van der Waals surface area contributed by atoms with Crippen molar-refractivity contribution in [1.82, 2.24) is 14.9 Å². The molecule has 0 bridgehead atoms. The van der Waals surface area contributed by atoms with Gasteiger partial charge in [-0.3, -0.25) is 9.69 Å². The lowest BCUT2D eigenvalue weighted by Gasteiger charge is -2.24. The van der Waals surface area contributed by atoms with Gasteiger partial charge in [0.05, 0.1) is 37.5 Å². The minimum Gasteiger partial charge on any atom is -0.467 e. The number of H-pyrrole nitrogens is 1. The molecule has 0 radical (unpaired) electrons. The van der Waals surface area contributed by atoms with Gasteiger partial charge >= 0.3 is 5.97 Å².